The van der Waals surface area contributed by atoms with E-state index in [1.807, 2.05) is 30.9 Å². The highest BCUT2D eigenvalue weighted by Gasteiger charge is 2.27. The molecule has 5 heteroatoms. The summed E-state index contributed by atoms with van der Waals surface area (Å²) in [7, 11) is 0. The number of rotatable bonds is 2. The van der Waals surface area contributed by atoms with Gasteiger partial charge in [-0.15, -0.1) is 0 Å². The van der Waals surface area contributed by atoms with E-state index in [1.54, 1.807) is 0 Å². The van der Waals surface area contributed by atoms with Gasteiger partial charge in [0.05, 0.1) is 0 Å². The second-order valence-corrected chi connectivity index (χ2v) is 5.00. The summed E-state index contributed by atoms with van der Waals surface area (Å²) in [5.74, 6) is -1.20. The van der Waals surface area contributed by atoms with Gasteiger partial charge in [-0.1, -0.05) is 6.07 Å². The van der Waals surface area contributed by atoms with Crippen molar-refractivity contribution >= 4 is 17.6 Å². The molecular formula is C14H18N2O3. The van der Waals surface area contributed by atoms with E-state index < -0.39 is 12.0 Å². The predicted molar refractivity (Wildman–Crippen MR) is 72.3 cm³/mol. The Labute approximate surface area is 112 Å². The molecule has 19 heavy (non-hydrogen) atoms. The number of hydrogen-bond donors (Lipinski definition) is 2. The van der Waals surface area contributed by atoms with Crippen molar-refractivity contribution < 1.29 is 14.7 Å². The van der Waals surface area contributed by atoms with Crippen LogP contribution in [-0.4, -0.2) is 36.1 Å². The smallest absolute Gasteiger partial charge is 0.328 e. The number of carbonyl (C=O) groups is 2. The van der Waals surface area contributed by atoms with Gasteiger partial charge in [-0.05, 0) is 37.1 Å². The summed E-state index contributed by atoms with van der Waals surface area (Å²) >= 11 is 0. The number of carboxylic acid groups (broad SMARTS) is 1. The molecule has 0 aromatic heterocycles. The molecule has 1 amide bonds. The SMILES string of the molecule is Cc1cc(C)cc(N2CCC(=O)NC(C(=O)O)C2)c1. The molecule has 2 N–H and O–H groups in total. The largest absolute Gasteiger partial charge is 0.480 e. The molecule has 1 heterocycles. The van der Waals surface area contributed by atoms with E-state index in [2.05, 4.69) is 11.4 Å². The van der Waals surface area contributed by atoms with Crippen molar-refractivity contribution in [3.8, 4) is 0 Å². The van der Waals surface area contributed by atoms with E-state index in [1.165, 1.54) is 0 Å². The summed E-state index contributed by atoms with van der Waals surface area (Å²) in [4.78, 5) is 24.6. The topological polar surface area (TPSA) is 69.6 Å². The van der Waals surface area contributed by atoms with Gasteiger partial charge in [0.1, 0.15) is 6.04 Å². The molecule has 1 aliphatic heterocycles. The van der Waals surface area contributed by atoms with Crippen LogP contribution in [0, 0.1) is 13.8 Å². The minimum Gasteiger partial charge on any atom is -0.480 e. The van der Waals surface area contributed by atoms with Gasteiger partial charge in [0.2, 0.25) is 5.91 Å². The second kappa shape index (κ2) is 5.30. The lowest BCUT2D eigenvalue weighted by atomic mass is 10.1. The zero-order valence-corrected chi connectivity index (χ0v) is 11.1. The zero-order valence-electron chi connectivity index (χ0n) is 11.1. The number of benzene rings is 1. The first-order valence-electron chi connectivity index (χ1n) is 6.31. The lowest BCUT2D eigenvalue weighted by Gasteiger charge is -2.25. The number of nitrogens with one attached hydrogen (secondary N) is 1. The maximum absolute atomic E-state index is 11.5. The Morgan fingerprint density at radius 3 is 2.53 bits per heavy atom. The highest BCUT2D eigenvalue weighted by Crippen LogP contribution is 2.20. The average molecular weight is 262 g/mol. The second-order valence-electron chi connectivity index (χ2n) is 5.00. The van der Waals surface area contributed by atoms with Crippen LogP contribution in [0.1, 0.15) is 17.5 Å². The van der Waals surface area contributed by atoms with Gasteiger partial charge in [0, 0.05) is 25.2 Å². The zero-order chi connectivity index (χ0) is 14.0. The molecule has 0 bridgehead atoms. The molecule has 0 spiro atoms. The molecule has 102 valence electrons. The lowest BCUT2D eigenvalue weighted by molar-refractivity contribution is -0.141. The predicted octanol–water partition coefficient (Wildman–Crippen LogP) is 1.08. The summed E-state index contributed by atoms with van der Waals surface area (Å²) in [5.41, 5.74) is 3.23. The quantitative estimate of drug-likeness (QED) is 0.837. The summed E-state index contributed by atoms with van der Waals surface area (Å²) in [5, 5.41) is 11.6. The van der Waals surface area contributed by atoms with E-state index in [9.17, 15) is 9.59 Å². The molecule has 0 radical (unpaired) electrons. The Morgan fingerprint density at radius 1 is 1.32 bits per heavy atom. The van der Waals surface area contributed by atoms with Crippen LogP contribution in [0.3, 0.4) is 0 Å². The fourth-order valence-electron chi connectivity index (χ4n) is 2.37. The standard InChI is InChI=1S/C14H18N2O3/c1-9-5-10(2)7-11(6-9)16-4-3-13(17)15-12(8-16)14(18)19/h5-7,12H,3-4,8H2,1-2H3,(H,15,17)(H,18,19). The Bertz CT molecular complexity index is 493. The van der Waals surface area contributed by atoms with Crippen molar-refractivity contribution in [1.29, 1.82) is 0 Å². The van der Waals surface area contributed by atoms with Gasteiger partial charge in [-0.2, -0.15) is 0 Å². The first-order valence-corrected chi connectivity index (χ1v) is 6.31. The van der Waals surface area contributed by atoms with Crippen molar-refractivity contribution in [2.75, 3.05) is 18.0 Å². The number of carbonyl (C=O) groups excluding carboxylic acids is 1. The third-order valence-electron chi connectivity index (χ3n) is 3.22. The number of nitrogens with zero attached hydrogens (tertiary/aromatic N) is 1. The Morgan fingerprint density at radius 2 is 1.95 bits per heavy atom. The molecule has 1 aromatic rings. The summed E-state index contributed by atoms with van der Waals surface area (Å²) in [6, 6.07) is 5.25. The maximum atomic E-state index is 11.5. The fourth-order valence-corrected chi connectivity index (χ4v) is 2.37. The Kier molecular flexibility index (Phi) is 3.74. The Hall–Kier alpha value is -2.04. The van der Waals surface area contributed by atoms with Gasteiger partial charge < -0.3 is 15.3 Å². The van der Waals surface area contributed by atoms with Gasteiger partial charge >= 0.3 is 5.97 Å². The van der Waals surface area contributed by atoms with E-state index in [-0.39, 0.29) is 5.91 Å². The Balaban J connectivity index is 2.27. The number of anilines is 1. The molecule has 1 unspecified atom stereocenters. The van der Waals surface area contributed by atoms with Crippen molar-refractivity contribution in [2.24, 2.45) is 0 Å². The molecule has 1 atom stereocenters. The number of amides is 1. The van der Waals surface area contributed by atoms with Crippen molar-refractivity contribution in [2.45, 2.75) is 26.3 Å². The first kappa shape index (κ1) is 13.4. The number of carboxylic acids is 1. The highest BCUT2D eigenvalue weighted by molar-refractivity contribution is 5.85. The number of hydrogen-bond acceptors (Lipinski definition) is 3. The van der Waals surface area contributed by atoms with Crippen LogP contribution in [-0.2, 0) is 9.59 Å². The third kappa shape index (κ3) is 3.24. The van der Waals surface area contributed by atoms with Crippen LogP contribution in [0.2, 0.25) is 0 Å². The van der Waals surface area contributed by atoms with Crippen LogP contribution < -0.4 is 10.2 Å². The van der Waals surface area contributed by atoms with Crippen molar-refractivity contribution in [3.63, 3.8) is 0 Å². The number of aliphatic carboxylic acids is 1. The minimum absolute atomic E-state index is 0.209. The number of aryl methyl sites for hydroxylation is 2. The minimum atomic E-state index is -0.996. The lowest BCUT2D eigenvalue weighted by Crippen LogP contribution is -2.45. The fraction of sp³-hybridized carbons (Fsp3) is 0.429. The first-order chi connectivity index (χ1) is 8.95. The summed E-state index contributed by atoms with van der Waals surface area (Å²) < 4.78 is 0. The van der Waals surface area contributed by atoms with Crippen molar-refractivity contribution in [1.82, 2.24) is 5.32 Å². The third-order valence-corrected chi connectivity index (χ3v) is 3.22. The normalized spacial score (nSPS) is 19.8. The monoisotopic (exact) mass is 262 g/mol. The van der Waals surface area contributed by atoms with Gasteiger partial charge in [-0.25, -0.2) is 4.79 Å². The van der Waals surface area contributed by atoms with Gasteiger partial charge in [0.15, 0.2) is 0 Å². The maximum Gasteiger partial charge on any atom is 0.328 e. The van der Waals surface area contributed by atoms with Gasteiger partial charge in [-0.3, -0.25) is 4.79 Å². The molecule has 1 aromatic carbocycles. The molecule has 1 saturated heterocycles. The molecule has 1 fully saturated rings. The average Bonchev–Trinajstić information content (AvgIpc) is 2.50. The molecular weight excluding hydrogens is 244 g/mol. The van der Waals surface area contributed by atoms with Crippen LogP contribution in [0.4, 0.5) is 5.69 Å². The van der Waals surface area contributed by atoms with Crippen LogP contribution >= 0.6 is 0 Å². The van der Waals surface area contributed by atoms with Gasteiger partial charge in [0.25, 0.3) is 0 Å². The van der Waals surface area contributed by atoms with E-state index >= 15 is 0 Å². The molecule has 1 aliphatic rings. The van der Waals surface area contributed by atoms with Crippen LogP contribution in [0.15, 0.2) is 18.2 Å². The van der Waals surface area contributed by atoms with Crippen LogP contribution in [0.5, 0.6) is 0 Å². The molecule has 0 aliphatic carbocycles. The summed E-state index contributed by atoms with van der Waals surface area (Å²) in [6.45, 7) is 4.85. The molecule has 2 rings (SSSR count). The molecule has 5 nitrogen and oxygen atoms in total. The van der Waals surface area contributed by atoms with Crippen molar-refractivity contribution in [3.05, 3.63) is 29.3 Å². The molecule has 0 saturated carbocycles. The highest BCUT2D eigenvalue weighted by atomic mass is 16.4. The van der Waals surface area contributed by atoms with E-state index in [4.69, 9.17) is 5.11 Å². The van der Waals surface area contributed by atoms with E-state index in [0.717, 1.165) is 16.8 Å². The van der Waals surface area contributed by atoms with E-state index in [0.29, 0.717) is 19.5 Å². The summed E-state index contributed by atoms with van der Waals surface area (Å²) in [6.07, 6.45) is 0.316. The van der Waals surface area contributed by atoms with Crippen LogP contribution in [0.25, 0.3) is 0 Å².